The highest BCUT2D eigenvalue weighted by molar-refractivity contribution is 7.84. The number of carbonyl (C=O) groups excluding carboxylic acids is 1. The van der Waals surface area contributed by atoms with Gasteiger partial charge in [-0.15, -0.1) is 0 Å². The Balaban J connectivity index is 2.14. The van der Waals surface area contributed by atoms with Gasteiger partial charge in [0.1, 0.15) is 0 Å². The fourth-order valence-electron chi connectivity index (χ4n) is 1.39. The van der Waals surface area contributed by atoms with Crippen molar-refractivity contribution < 1.29 is 9.00 Å². The van der Waals surface area contributed by atoms with Crippen molar-refractivity contribution in [3.05, 3.63) is 0 Å². The Morgan fingerprint density at radius 3 is 2.93 bits per heavy atom. The fourth-order valence-corrected chi connectivity index (χ4v) is 2.01. The highest BCUT2D eigenvalue weighted by atomic mass is 32.2. The molecular weight excluding hydrogens is 214 g/mol. The van der Waals surface area contributed by atoms with Crippen LogP contribution in [0.4, 0.5) is 0 Å². The number of hydrogen-bond acceptors (Lipinski definition) is 4. The summed E-state index contributed by atoms with van der Waals surface area (Å²) in [4.78, 5) is 11.6. The van der Waals surface area contributed by atoms with Crippen molar-refractivity contribution in [3.63, 3.8) is 0 Å². The molecule has 1 amide bonds. The van der Waals surface area contributed by atoms with Gasteiger partial charge in [0, 0.05) is 48.5 Å². The van der Waals surface area contributed by atoms with Crippen molar-refractivity contribution in [2.45, 2.75) is 13.0 Å². The lowest BCUT2D eigenvalue weighted by Gasteiger charge is -2.23. The first-order chi connectivity index (χ1) is 7.24. The molecule has 0 saturated carbocycles. The van der Waals surface area contributed by atoms with Crippen molar-refractivity contribution in [1.82, 2.24) is 16.0 Å². The molecule has 1 rings (SSSR count). The minimum atomic E-state index is -0.799. The van der Waals surface area contributed by atoms with Crippen LogP contribution in [-0.2, 0) is 15.6 Å². The first-order valence-corrected chi connectivity index (χ1v) is 6.79. The Bertz CT molecular complexity index is 229. The Morgan fingerprint density at radius 2 is 2.33 bits per heavy atom. The lowest BCUT2D eigenvalue weighted by molar-refractivity contribution is -0.123. The Kier molecular flexibility index (Phi) is 5.82. The van der Waals surface area contributed by atoms with E-state index in [1.165, 1.54) is 0 Å². The van der Waals surface area contributed by atoms with Gasteiger partial charge in [-0.2, -0.15) is 0 Å². The van der Waals surface area contributed by atoms with Gasteiger partial charge >= 0.3 is 0 Å². The molecule has 88 valence electrons. The van der Waals surface area contributed by atoms with Crippen LogP contribution in [0.1, 0.15) is 6.92 Å². The molecule has 0 aromatic heterocycles. The summed E-state index contributed by atoms with van der Waals surface area (Å²) < 4.78 is 11.1. The van der Waals surface area contributed by atoms with Crippen LogP contribution in [-0.4, -0.2) is 53.8 Å². The van der Waals surface area contributed by atoms with Crippen molar-refractivity contribution in [1.29, 1.82) is 0 Å². The standard InChI is InChI=1S/C9H19N3O2S/c1-2-15(14)6-5-12-9(13)8-7-10-3-4-11-8/h8,10-11H,2-7H2,1H3,(H,12,13). The molecule has 1 saturated heterocycles. The van der Waals surface area contributed by atoms with Gasteiger partial charge in [-0.1, -0.05) is 6.92 Å². The van der Waals surface area contributed by atoms with Crippen LogP contribution in [0.2, 0.25) is 0 Å². The third kappa shape index (κ3) is 4.72. The largest absolute Gasteiger partial charge is 0.354 e. The van der Waals surface area contributed by atoms with E-state index in [4.69, 9.17) is 0 Å². The minimum Gasteiger partial charge on any atom is -0.354 e. The molecule has 1 heterocycles. The van der Waals surface area contributed by atoms with Crippen LogP contribution >= 0.6 is 0 Å². The summed E-state index contributed by atoms with van der Waals surface area (Å²) in [6, 6.07) is -0.145. The maximum absolute atomic E-state index is 11.6. The molecule has 0 aromatic rings. The topological polar surface area (TPSA) is 70.2 Å². The monoisotopic (exact) mass is 233 g/mol. The second-order valence-corrected chi connectivity index (χ2v) is 5.30. The molecule has 1 aliphatic heterocycles. The molecule has 1 aliphatic rings. The van der Waals surface area contributed by atoms with Crippen LogP contribution < -0.4 is 16.0 Å². The molecule has 3 N–H and O–H groups in total. The SMILES string of the molecule is CCS(=O)CCNC(=O)C1CNCCN1. The maximum atomic E-state index is 11.6. The van der Waals surface area contributed by atoms with Gasteiger partial charge < -0.3 is 16.0 Å². The van der Waals surface area contributed by atoms with E-state index in [0.29, 0.717) is 24.6 Å². The molecule has 2 atom stereocenters. The van der Waals surface area contributed by atoms with E-state index in [1.54, 1.807) is 0 Å². The van der Waals surface area contributed by atoms with Crippen molar-refractivity contribution >= 4 is 16.7 Å². The predicted octanol–water partition coefficient (Wildman–Crippen LogP) is -1.57. The first-order valence-electron chi connectivity index (χ1n) is 5.31. The molecule has 0 bridgehead atoms. The summed E-state index contributed by atoms with van der Waals surface area (Å²) in [5, 5.41) is 9.05. The summed E-state index contributed by atoms with van der Waals surface area (Å²) in [6.07, 6.45) is 0. The van der Waals surface area contributed by atoms with Crippen molar-refractivity contribution in [2.24, 2.45) is 0 Å². The summed E-state index contributed by atoms with van der Waals surface area (Å²) in [6.45, 7) is 4.77. The van der Waals surface area contributed by atoms with Crippen LogP contribution in [0.5, 0.6) is 0 Å². The van der Waals surface area contributed by atoms with E-state index in [1.807, 2.05) is 6.92 Å². The van der Waals surface area contributed by atoms with Crippen LogP contribution in [0, 0.1) is 0 Å². The lowest BCUT2D eigenvalue weighted by atomic mass is 10.2. The normalized spacial score (nSPS) is 23.4. The lowest BCUT2D eigenvalue weighted by Crippen LogP contribution is -2.56. The molecule has 0 radical (unpaired) electrons. The average Bonchev–Trinajstić information content (AvgIpc) is 2.29. The number of amides is 1. The van der Waals surface area contributed by atoms with E-state index in [2.05, 4.69) is 16.0 Å². The first kappa shape index (κ1) is 12.6. The van der Waals surface area contributed by atoms with Gasteiger partial charge in [-0.05, 0) is 0 Å². The average molecular weight is 233 g/mol. The summed E-state index contributed by atoms with van der Waals surface area (Å²) >= 11 is 0. The Hall–Kier alpha value is -0.460. The molecule has 2 unspecified atom stereocenters. The highest BCUT2D eigenvalue weighted by Crippen LogP contribution is 1.87. The van der Waals surface area contributed by atoms with Gasteiger partial charge in [0.15, 0.2) is 0 Å². The van der Waals surface area contributed by atoms with E-state index in [9.17, 15) is 9.00 Å². The highest BCUT2D eigenvalue weighted by Gasteiger charge is 2.19. The number of nitrogens with one attached hydrogen (secondary N) is 3. The van der Waals surface area contributed by atoms with Gasteiger partial charge in [0.2, 0.25) is 5.91 Å². The fraction of sp³-hybridized carbons (Fsp3) is 0.889. The smallest absolute Gasteiger partial charge is 0.238 e. The van der Waals surface area contributed by atoms with Gasteiger partial charge in [-0.3, -0.25) is 9.00 Å². The maximum Gasteiger partial charge on any atom is 0.238 e. The summed E-state index contributed by atoms with van der Waals surface area (Å²) in [5.74, 6) is 1.19. The third-order valence-corrected chi connectivity index (χ3v) is 3.61. The molecule has 5 nitrogen and oxygen atoms in total. The second-order valence-electron chi connectivity index (χ2n) is 3.43. The van der Waals surface area contributed by atoms with Gasteiger partial charge in [-0.25, -0.2) is 0 Å². The Labute approximate surface area is 92.8 Å². The molecule has 0 aliphatic carbocycles. The zero-order valence-corrected chi connectivity index (χ0v) is 9.86. The molecule has 6 heteroatoms. The summed E-state index contributed by atoms with van der Waals surface area (Å²) in [5.41, 5.74) is 0. The second kappa shape index (κ2) is 6.92. The number of piperazine rings is 1. The van der Waals surface area contributed by atoms with E-state index < -0.39 is 10.8 Å². The quantitative estimate of drug-likeness (QED) is 0.537. The van der Waals surface area contributed by atoms with Gasteiger partial charge in [0.05, 0.1) is 6.04 Å². The van der Waals surface area contributed by atoms with Crippen LogP contribution in [0.15, 0.2) is 0 Å². The van der Waals surface area contributed by atoms with Gasteiger partial charge in [0.25, 0.3) is 0 Å². The number of rotatable bonds is 5. The van der Waals surface area contributed by atoms with E-state index >= 15 is 0 Å². The van der Waals surface area contributed by atoms with E-state index in [-0.39, 0.29) is 11.9 Å². The van der Waals surface area contributed by atoms with Crippen molar-refractivity contribution in [2.75, 3.05) is 37.7 Å². The molecule has 0 aromatic carbocycles. The predicted molar refractivity (Wildman–Crippen MR) is 61.2 cm³/mol. The van der Waals surface area contributed by atoms with Crippen LogP contribution in [0.3, 0.4) is 0 Å². The third-order valence-electron chi connectivity index (χ3n) is 2.31. The van der Waals surface area contributed by atoms with Crippen LogP contribution in [0.25, 0.3) is 0 Å². The van der Waals surface area contributed by atoms with E-state index in [0.717, 1.165) is 13.1 Å². The Morgan fingerprint density at radius 1 is 1.53 bits per heavy atom. The number of carbonyl (C=O) groups is 1. The van der Waals surface area contributed by atoms with Crippen molar-refractivity contribution in [3.8, 4) is 0 Å². The summed E-state index contributed by atoms with van der Waals surface area (Å²) in [7, 11) is -0.799. The zero-order valence-electron chi connectivity index (χ0n) is 9.04. The zero-order chi connectivity index (χ0) is 11.1. The number of hydrogen-bond donors (Lipinski definition) is 3. The minimum absolute atomic E-state index is 0.00435. The molecular formula is C9H19N3O2S. The molecule has 15 heavy (non-hydrogen) atoms. The molecule has 1 fully saturated rings. The molecule has 0 spiro atoms.